The number of carbonyl (C=O) groups excluding carboxylic acids is 1. The Kier molecular flexibility index (Phi) is 6.75. The second kappa shape index (κ2) is 8.81. The monoisotopic (exact) mass is 376 g/mol. The summed E-state index contributed by atoms with van der Waals surface area (Å²) in [6.07, 6.45) is 3.98. The van der Waals surface area contributed by atoms with E-state index in [1.165, 1.54) is 11.8 Å². The lowest BCUT2D eigenvalue weighted by Gasteiger charge is -2.24. The predicted molar refractivity (Wildman–Crippen MR) is 103 cm³/mol. The van der Waals surface area contributed by atoms with Crippen molar-refractivity contribution in [3.8, 4) is 11.9 Å². The van der Waals surface area contributed by atoms with Gasteiger partial charge in [0.25, 0.3) is 0 Å². The van der Waals surface area contributed by atoms with E-state index >= 15 is 0 Å². The third-order valence-electron chi connectivity index (χ3n) is 3.53. The zero-order chi connectivity index (χ0) is 19.2. The van der Waals surface area contributed by atoms with Gasteiger partial charge in [0.1, 0.15) is 23.1 Å². The van der Waals surface area contributed by atoms with Crippen molar-refractivity contribution in [2.75, 3.05) is 19.3 Å². The number of thioether (sulfide) groups is 1. The van der Waals surface area contributed by atoms with Gasteiger partial charge in [-0.1, -0.05) is 23.9 Å². The summed E-state index contributed by atoms with van der Waals surface area (Å²) in [5.74, 6) is 0.620. The summed E-state index contributed by atoms with van der Waals surface area (Å²) in [6.45, 7) is 6.61. The van der Waals surface area contributed by atoms with Gasteiger partial charge in [0.15, 0.2) is 11.4 Å². The molecule has 1 fully saturated rings. The van der Waals surface area contributed by atoms with Gasteiger partial charge in [0, 0.05) is 13.0 Å². The van der Waals surface area contributed by atoms with Crippen LogP contribution in [0.25, 0.3) is 0 Å². The van der Waals surface area contributed by atoms with Crippen molar-refractivity contribution >= 4 is 28.7 Å². The van der Waals surface area contributed by atoms with Crippen LogP contribution >= 0.6 is 11.8 Å². The maximum Gasteiger partial charge on any atom is 0.410 e. The molecule has 1 atom stereocenters. The number of aliphatic imine (C=N–C) groups is 1. The number of benzene rings is 1. The second-order valence-electron chi connectivity index (χ2n) is 6.78. The molecule has 0 bridgehead atoms. The summed E-state index contributed by atoms with van der Waals surface area (Å²) < 4.78 is 11.5. The molecule has 7 nitrogen and oxygen atoms in total. The molecular weight excluding hydrogens is 352 g/mol. The molecule has 0 radical (unpaired) electrons. The molecule has 0 aliphatic carbocycles. The van der Waals surface area contributed by atoms with Crippen LogP contribution in [-0.2, 0) is 4.74 Å². The smallest absolute Gasteiger partial charge is 0.410 e. The first-order valence-corrected chi connectivity index (χ1v) is 9.56. The number of amides is 1. The number of rotatable bonds is 3. The van der Waals surface area contributed by atoms with E-state index in [1.54, 1.807) is 4.90 Å². The average molecular weight is 376 g/mol. The van der Waals surface area contributed by atoms with E-state index in [0.29, 0.717) is 29.7 Å². The quantitative estimate of drug-likeness (QED) is 0.376. The van der Waals surface area contributed by atoms with Gasteiger partial charge in [-0.25, -0.2) is 9.79 Å². The zero-order valence-corrected chi connectivity index (χ0v) is 16.3. The minimum atomic E-state index is -0.515. The van der Waals surface area contributed by atoms with E-state index in [0.717, 1.165) is 6.42 Å². The topological polar surface area (TPSA) is 86.9 Å². The van der Waals surface area contributed by atoms with Gasteiger partial charge in [0.05, 0.1) is 6.54 Å². The fourth-order valence-electron chi connectivity index (χ4n) is 2.43. The van der Waals surface area contributed by atoms with Crippen LogP contribution < -0.4 is 10.1 Å². The van der Waals surface area contributed by atoms with Crippen LogP contribution in [0.1, 0.15) is 27.2 Å². The summed E-state index contributed by atoms with van der Waals surface area (Å²) in [7, 11) is 0. The SMILES string of the molecule is CSC(=Nc1ccccc1OC1CCN(C(=O)OC(C)(C)C)C1)NC#N. The number of hydrogen-bond acceptors (Lipinski definition) is 6. The average Bonchev–Trinajstić information content (AvgIpc) is 3.03. The minimum Gasteiger partial charge on any atom is -0.486 e. The van der Waals surface area contributed by atoms with Crippen molar-refractivity contribution in [1.82, 2.24) is 10.2 Å². The number of carbonyl (C=O) groups is 1. The molecule has 0 spiro atoms. The van der Waals surface area contributed by atoms with E-state index in [4.69, 9.17) is 14.7 Å². The summed E-state index contributed by atoms with van der Waals surface area (Å²) >= 11 is 1.34. The molecular formula is C18H24N4O3S. The number of para-hydroxylation sites is 2. The number of ether oxygens (including phenoxy) is 2. The predicted octanol–water partition coefficient (Wildman–Crippen LogP) is 3.50. The molecule has 1 unspecified atom stereocenters. The van der Waals surface area contributed by atoms with Crippen molar-refractivity contribution in [2.45, 2.75) is 38.9 Å². The van der Waals surface area contributed by atoms with Crippen LogP contribution in [0.3, 0.4) is 0 Å². The molecule has 1 amide bonds. The van der Waals surface area contributed by atoms with Gasteiger partial charge in [-0.15, -0.1) is 0 Å². The van der Waals surface area contributed by atoms with E-state index in [-0.39, 0.29) is 12.2 Å². The molecule has 0 aromatic heterocycles. The molecule has 2 rings (SSSR count). The molecule has 0 saturated carbocycles. The molecule has 1 aromatic rings. The van der Waals surface area contributed by atoms with Gasteiger partial charge < -0.3 is 14.4 Å². The van der Waals surface area contributed by atoms with Crippen LogP contribution in [0.5, 0.6) is 5.75 Å². The molecule has 1 N–H and O–H groups in total. The lowest BCUT2D eigenvalue weighted by atomic mass is 10.2. The van der Waals surface area contributed by atoms with E-state index in [1.807, 2.05) is 57.5 Å². The van der Waals surface area contributed by atoms with Crippen LogP contribution in [0.15, 0.2) is 29.3 Å². The van der Waals surface area contributed by atoms with Crippen molar-refractivity contribution in [3.05, 3.63) is 24.3 Å². The third-order valence-corrected chi connectivity index (χ3v) is 4.11. The largest absolute Gasteiger partial charge is 0.486 e. The lowest BCUT2D eigenvalue weighted by molar-refractivity contribution is 0.0276. The lowest BCUT2D eigenvalue weighted by Crippen LogP contribution is -2.36. The normalized spacial score (nSPS) is 17.6. The van der Waals surface area contributed by atoms with Gasteiger partial charge >= 0.3 is 6.09 Å². The van der Waals surface area contributed by atoms with Gasteiger partial charge in [0.2, 0.25) is 0 Å². The Morgan fingerprint density at radius 1 is 1.42 bits per heavy atom. The first-order chi connectivity index (χ1) is 12.3. The zero-order valence-electron chi connectivity index (χ0n) is 15.5. The van der Waals surface area contributed by atoms with Gasteiger partial charge in [-0.2, -0.15) is 5.26 Å². The molecule has 1 aliphatic heterocycles. The molecule has 1 aliphatic rings. The van der Waals surface area contributed by atoms with Crippen molar-refractivity contribution in [3.63, 3.8) is 0 Å². The Bertz CT molecular complexity index is 709. The first kappa shape index (κ1) is 19.9. The van der Waals surface area contributed by atoms with Gasteiger partial charge in [-0.05, 0) is 39.2 Å². The fourth-order valence-corrected chi connectivity index (χ4v) is 2.76. The van der Waals surface area contributed by atoms with E-state index < -0.39 is 5.60 Å². The molecule has 1 aromatic carbocycles. The summed E-state index contributed by atoms with van der Waals surface area (Å²) in [5.41, 5.74) is 0.120. The Morgan fingerprint density at radius 3 is 2.81 bits per heavy atom. The van der Waals surface area contributed by atoms with Crippen LogP contribution in [0, 0.1) is 11.5 Å². The van der Waals surface area contributed by atoms with Crippen molar-refractivity contribution in [2.24, 2.45) is 4.99 Å². The number of nitrogens with one attached hydrogen (secondary N) is 1. The van der Waals surface area contributed by atoms with E-state index in [2.05, 4.69) is 10.3 Å². The molecule has 1 saturated heterocycles. The molecule has 26 heavy (non-hydrogen) atoms. The summed E-state index contributed by atoms with van der Waals surface area (Å²) in [5, 5.41) is 11.8. The fraction of sp³-hybridized carbons (Fsp3) is 0.500. The number of hydrogen-bond donors (Lipinski definition) is 1. The number of likely N-dealkylation sites (tertiary alicyclic amines) is 1. The second-order valence-corrected chi connectivity index (χ2v) is 7.58. The highest BCUT2D eigenvalue weighted by Gasteiger charge is 2.31. The maximum absolute atomic E-state index is 12.2. The van der Waals surface area contributed by atoms with Crippen molar-refractivity contribution in [1.29, 1.82) is 5.26 Å². The standard InChI is InChI=1S/C18H24N4O3S/c1-18(2,3)25-17(23)22-10-9-13(11-22)24-15-8-6-5-7-14(15)21-16(26-4)20-12-19/h5-8,13H,9-11H2,1-4H3,(H,20,21). The summed E-state index contributed by atoms with van der Waals surface area (Å²) in [6, 6.07) is 7.38. The number of nitrogens with zero attached hydrogens (tertiary/aromatic N) is 3. The Balaban J connectivity index is 2.04. The van der Waals surface area contributed by atoms with E-state index in [9.17, 15) is 4.79 Å². The Morgan fingerprint density at radius 2 is 2.15 bits per heavy atom. The first-order valence-electron chi connectivity index (χ1n) is 8.34. The Labute approximate surface area is 158 Å². The van der Waals surface area contributed by atoms with Crippen LogP contribution in [0.4, 0.5) is 10.5 Å². The maximum atomic E-state index is 12.2. The Hall–Kier alpha value is -2.40. The minimum absolute atomic E-state index is 0.125. The van der Waals surface area contributed by atoms with Crippen LogP contribution in [0.2, 0.25) is 0 Å². The number of nitriles is 1. The number of amidine groups is 1. The summed E-state index contributed by atoms with van der Waals surface area (Å²) in [4.78, 5) is 18.3. The highest BCUT2D eigenvalue weighted by Crippen LogP contribution is 2.30. The van der Waals surface area contributed by atoms with Gasteiger partial charge in [-0.3, -0.25) is 5.32 Å². The third kappa shape index (κ3) is 5.85. The molecule has 140 valence electrons. The molecule has 1 heterocycles. The van der Waals surface area contributed by atoms with Crippen LogP contribution in [-0.4, -0.2) is 47.2 Å². The molecule has 8 heteroatoms. The van der Waals surface area contributed by atoms with Crippen molar-refractivity contribution < 1.29 is 14.3 Å². The highest BCUT2D eigenvalue weighted by atomic mass is 32.2. The highest BCUT2D eigenvalue weighted by molar-refractivity contribution is 8.13.